The van der Waals surface area contributed by atoms with Crippen molar-refractivity contribution >= 4 is 71.6 Å². The quantitative estimate of drug-likeness (QED) is 0.274. The SMILES string of the molecule is Clc1cccc2oc3c(cc4c5ccccc5n5c6ccccc6c3c45)c12. The van der Waals surface area contributed by atoms with Gasteiger partial charge >= 0.3 is 0 Å². The smallest absolute Gasteiger partial charge is 0.145 e. The number of para-hydroxylation sites is 2. The van der Waals surface area contributed by atoms with Gasteiger partial charge in [0.15, 0.2) is 0 Å². The first kappa shape index (κ1) is 13.9. The van der Waals surface area contributed by atoms with Gasteiger partial charge in [0.05, 0.1) is 27.0 Å². The normalized spacial score (nSPS) is 12.6. The molecule has 0 saturated carbocycles. The van der Waals surface area contributed by atoms with E-state index in [1.165, 1.54) is 38.1 Å². The number of rotatable bonds is 0. The molecule has 27 heavy (non-hydrogen) atoms. The predicted molar refractivity (Wildman–Crippen MR) is 113 cm³/mol. The number of hydrogen-bond donors (Lipinski definition) is 0. The summed E-state index contributed by atoms with van der Waals surface area (Å²) in [6, 6.07) is 25.2. The number of halogens is 1. The van der Waals surface area contributed by atoms with Gasteiger partial charge in [-0.05, 0) is 30.3 Å². The van der Waals surface area contributed by atoms with E-state index in [2.05, 4.69) is 59.0 Å². The van der Waals surface area contributed by atoms with Gasteiger partial charge in [0.25, 0.3) is 0 Å². The molecule has 0 atom stereocenters. The number of hydrogen-bond acceptors (Lipinski definition) is 1. The van der Waals surface area contributed by atoms with Crippen LogP contribution in [0.4, 0.5) is 0 Å². The highest BCUT2D eigenvalue weighted by Crippen LogP contribution is 2.46. The zero-order valence-electron chi connectivity index (χ0n) is 14.2. The maximum Gasteiger partial charge on any atom is 0.145 e. The summed E-state index contributed by atoms with van der Waals surface area (Å²) in [5.74, 6) is 0. The number of nitrogens with zero attached hydrogens (tertiary/aromatic N) is 1. The lowest BCUT2D eigenvalue weighted by atomic mass is 10.0. The first-order valence-electron chi connectivity index (χ1n) is 8.99. The van der Waals surface area contributed by atoms with Crippen LogP contribution in [0.25, 0.3) is 60.0 Å². The molecule has 0 aliphatic heterocycles. The van der Waals surface area contributed by atoms with E-state index >= 15 is 0 Å². The molecular weight excluding hydrogens is 354 g/mol. The first-order valence-corrected chi connectivity index (χ1v) is 9.37. The van der Waals surface area contributed by atoms with E-state index < -0.39 is 0 Å². The summed E-state index contributed by atoms with van der Waals surface area (Å²) < 4.78 is 8.72. The monoisotopic (exact) mass is 365 g/mol. The Morgan fingerprint density at radius 3 is 2.26 bits per heavy atom. The highest BCUT2D eigenvalue weighted by Gasteiger charge is 2.22. The van der Waals surface area contributed by atoms with Gasteiger partial charge in [-0.3, -0.25) is 0 Å². The fourth-order valence-corrected chi connectivity index (χ4v) is 5.01. The molecule has 4 aromatic carbocycles. The fourth-order valence-electron chi connectivity index (χ4n) is 4.74. The highest BCUT2D eigenvalue weighted by atomic mass is 35.5. The second kappa shape index (κ2) is 4.54. The molecule has 0 unspecified atom stereocenters. The summed E-state index contributed by atoms with van der Waals surface area (Å²) in [6.07, 6.45) is 0. The third-order valence-electron chi connectivity index (χ3n) is 5.78. The zero-order valence-corrected chi connectivity index (χ0v) is 14.9. The molecule has 0 amide bonds. The van der Waals surface area contributed by atoms with Crippen molar-refractivity contribution in [1.29, 1.82) is 0 Å². The number of fused-ring (bicyclic) bond motifs is 10. The molecule has 0 spiro atoms. The molecule has 7 aromatic rings. The molecule has 0 bridgehead atoms. The van der Waals surface area contributed by atoms with Gasteiger partial charge in [0.2, 0.25) is 0 Å². The average Bonchev–Trinajstić information content (AvgIpc) is 3.33. The number of benzene rings is 4. The summed E-state index contributed by atoms with van der Waals surface area (Å²) in [5.41, 5.74) is 5.40. The van der Waals surface area contributed by atoms with Crippen molar-refractivity contribution in [3.63, 3.8) is 0 Å². The Morgan fingerprint density at radius 2 is 1.41 bits per heavy atom. The van der Waals surface area contributed by atoms with E-state index in [0.29, 0.717) is 0 Å². The van der Waals surface area contributed by atoms with Crippen LogP contribution in [0, 0.1) is 0 Å². The molecule has 3 heterocycles. The van der Waals surface area contributed by atoms with Gasteiger partial charge in [0, 0.05) is 26.9 Å². The van der Waals surface area contributed by atoms with Gasteiger partial charge < -0.3 is 8.82 Å². The summed E-state index contributed by atoms with van der Waals surface area (Å²) in [4.78, 5) is 0. The highest BCUT2D eigenvalue weighted by molar-refractivity contribution is 6.40. The van der Waals surface area contributed by atoms with Crippen LogP contribution in [0.2, 0.25) is 5.02 Å². The molecule has 0 aliphatic carbocycles. The van der Waals surface area contributed by atoms with Crippen LogP contribution in [-0.2, 0) is 0 Å². The largest absolute Gasteiger partial charge is 0.455 e. The summed E-state index contributed by atoms with van der Waals surface area (Å²) in [5, 5.41) is 7.68. The van der Waals surface area contributed by atoms with Crippen molar-refractivity contribution in [2.24, 2.45) is 0 Å². The minimum Gasteiger partial charge on any atom is -0.455 e. The van der Waals surface area contributed by atoms with E-state index in [0.717, 1.165) is 27.0 Å². The van der Waals surface area contributed by atoms with Crippen LogP contribution in [0.15, 0.2) is 77.2 Å². The van der Waals surface area contributed by atoms with Crippen molar-refractivity contribution in [3.05, 3.63) is 77.8 Å². The minimum atomic E-state index is 0.729. The van der Waals surface area contributed by atoms with Gasteiger partial charge in [-0.2, -0.15) is 0 Å². The maximum atomic E-state index is 6.56. The molecule has 2 nitrogen and oxygen atoms in total. The molecule has 0 N–H and O–H groups in total. The van der Waals surface area contributed by atoms with E-state index in [1.54, 1.807) is 0 Å². The Hall–Kier alpha value is -3.23. The van der Waals surface area contributed by atoms with Crippen LogP contribution in [-0.4, -0.2) is 4.40 Å². The number of furan rings is 1. The second-order valence-electron chi connectivity index (χ2n) is 7.11. The predicted octanol–water partition coefficient (Wildman–Crippen LogP) is 7.39. The fraction of sp³-hybridized carbons (Fsp3) is 0. The maximum absolute atomic E-state index is 6.56. The van der Waals surface area contributed by atoms with Crippen molar-refractivity contribution in [1.82, 2.24) is 4.40 Å². The molecular formula is C24H12ClNO. The van der Waals surface area contributed by atoms with Gasteiger partial charge in [0.1, 0.15) is 11.2 Å². The van der Waals surface area contributed by atoms with E-state index in [1.807, 2.05) is 18.2 Å². The third-order valence-corrected chi connectivity index (χ3v) is 6.10. The van der Waals surface area contributed by atoms with Crippen LogP contribution in [0.5, 0.6) is 0 Å². The molecule has 0 radical (unpaired) electrons. The lowest BCUT2D eigenvalue weighted by molar-refractivity contribution is 0.673. The molecule has 3 aromatic heterocycles. The average molecular weight is 366 g/mol. The lowest BCUT2D eigenvalue weighted by Crippen LogP contribution is -1.78. The van der Waals surface area contributed by atoms with Gasteiger partial charge in [-0.15, -0.1) is 0 Å². The zero-order chi connectivity index (χ0) is 17.7. The number of aromatic nitrogens is 1. The summed E-state index contributed by atoms with van der Waals surface area (Å²) in [6.45, 7) is 0. The van der Waals surface area contributed by atoms with Crippen LogP contribution in [0.1, 0.15) is 0 Å². The van der Waals surface area contributed by atoms with E-state index in [9.17, 15) is 0 Å². The first-order chi connectivity index (χ1) is 13.3. The van der Waals surface area contributed by atoms with Crippen molar-refractivity contribution in [3.8, 4) is 0 Å². The topological polar surface area (TPSA) is 17.6 Å². The van der Waals surface area contributed by atoms with E-state index in [4.69, 9.17) is 16.0 Å². The second-order valence-corrected chi connectivity index (χ2v) is 7.52. The van der Waals surface area contributed by atoms with Crippen molar-refractivity contribution in [2.45, 2.75) is 0 Å². The Balaban J connectivity index is 1.95. The Kier molecular flexibility index (Phi) is 2.34. The standard InChI is InChI=1S/C24H12ClNO/c25-17-8-5-11-20-21(17)16-12-15-13-6-1-3-9-18(13)26-19-10-4-2-7-14(19)22(23(15)26)24(16)27-20/h1-12H. The molecule has 126 valence electrons. The minimum absolute atomic E-state index is 0.729. The Bertz CT molecular complexity index is 1690. The summed E-state index contributed by atoms with van der Waals surface area (Å²) >= 11 is 6.56. The molecule has 3 heteroatoms. The third kappa shape index (κ3) is 1.51. The van der Waals surface area contributed by atoms with Crippen molar-refractivity contribution < 1.29 is 4.42 Å². The van der Waals surface area contributed by atoms with Crippen LogP contribution >= 0.6 is 11.6 Å². The molecule has 0 fully saturated rings. The lowest BCUT2D eigenvalue weighted by Gasteiger charge is -1.98. The van der Waals surface area contributed by atoms with Crippen LogP contribution in [0.3, 0.4) is 0 Å². The van der Waals surface area contributed by atoms with Crippen LogP contribution < -0.4 is 0 Å². The van der Waals surface area contributed by atoms with Gasteiger partial charge in [-0.1, -0.05) is 54.1 Å². The van der Waals surface area contributed by atoms with E-state index in [-0.39, 0.29) is 0 Å². The van der Waals surface area contributed by atoms with Gasteiger partial charge in [-0.25, -0.2) is 0 Å². The molecule has 0 aliphatic rings. The molecule has 7 rings (SSSR count). The molecule has 0 saturated heterocycles. The summed E-state index contributed by atoms with van der Waals surface area (Å²) in [7, 11) is 0. The Morgan fingerprint density at radius 1 is 0.667 bits per heavy atom. The Labute approximate surface area is 158 Å². The van der Waals surface area contributed by atoms with Crippen molar-refractivity contribution in [2.75, 3.05) is 0 Å².